The van der Waals surface area contributed by atoms with Crippen LogP contribution < -0.4 is 0 Å². The molecule has 0 N–H and O–H groups in total. The van der Waals surface area contributed by atoms with Gasteiger partial charge in [0.05, 0.1) is 28.4 Å². The van der Waals surface area contributed by atoms with Gasteiger partial charge in [0, 0.05) is 26.5 Å². The standard InChI is InChI=1S/C54H33N3S/c55-34-41-18-7-8-21-42(41)39-27-29-44-43-28-26-38(31-47(43)54(48(44)32-39)45-22-9-11-24-51(45)58-52-25-12-10-23-46(52)54)37-19-13-20-40(30-37)50-33-49(35-14-3-1-4-15-35)56-53(57-50)36-16-5-2-6-17-36/h1-33H. The van der Waals surface area contributed by atoms with Crippen molar-refractivity contribution < 1.29 is 0 Å². The van der Waals surface area contributed by atoms with Crippen molar-refractivity contribution in [1.82, 2.24) is 9.97 Å². The van der Waals surface area contributed by atoms with Gasteiger partial charge in [0.25, 0.3) is 0 Å². The molecule has 8 aromatic carbocycles. The van der Waals surface area contributed by atoms with E-state index in [2.05, 4.69) is 152 Å². The second-order valence-corrected chi connectivity index (χ2v) is 15.9. The molecule has 9 aromatic rings. The molecule has 2 heterocycles. The Kier molecular flexibility index (Phi) is 8.03. The van der Waals surface area contributed by atoms with E-state index in [0.29, 0.717) is 11.4 Å². The molecule has 0 unspecified atom stereocenters. The largest absolute Gasteiger partial charge is 0.228 e. The topological polar surface area (TPSA) is 49.6 Å². The molecular formula is C54H33N3S. The lowest BCUT2D eigenvalue weighted by atomic mass is 9.66. The maximum absolute atomic E-state index is 10.1. The molecule has 11 rings (SSSR count). The van der Waals surface area contributed by atoms with Gasteiger partial charge in [-0.1, -0.05) is 169 Å². The van der Waals surface area contributed by atoms with E-state index in [1.807, 2.05) is 66.4 Å². The lowest BCUT2D eigenvalue weighted by Gasteiger charge is -2.40. The van der Waals surface area contributed by atoms with Crippen molar-refractivity contribution in [2.45, 2.75) is 15.2 Å². The molecular weight excluding hydrogens is 723 g/mol. The first-order valence-corrected chi connectivity index (χ1v) is 20.3. The zero-order valence-electron chi connectivity index (χ0n) is 31.3. The van der Waals surface area contributed by atoms with E-state index in [1.165, 1.54) is 43.2 Å². The summed E-state index contributed by atoms with van der Waals surface area (Å²) in [6.45, 7) is 0. The van der Waals surface area contributed by atoms with E-state index in [1.54, 1.807) is 0 Å². The van der Waals surface area contributed by atoms with Crippen molar-refractivity contribution in [1.29, 1.82) is 5.26 Å². The molecule has 58 heavy (non-hydrogen) atoms. The van der Waals surface area contributed by atoms with Gasteiger partial charge in [0.1, 0.15) is 0 Å². The molecule has 0 radical (unpaired) electrons. The van der Waals surface area contributed by atoms with Gasteiger partial charge in [-0.25, -0.2) is 9.97 Å². The highest BCUT2D eigenvalue weighted by atomic mass is 32.2. The quantitative estimate of drug-likeness (QED) is 0.175. The fraction of sp³-hybridized carbons (Fsp3) is 0.0185. The van der Waals surface area contributed by atoms with Gasteiger partial charge in [-0.05, 0) is 98.1 Å². The van der Waals surface area contributed by atoms with Crippen LogP contribution in [0.3, 0.4) is 0 Å². The van der Waals surface area contributed by atoms with Crippen LogP contribution in [0, 0.1) is 11.3 Å². The van der Waals surface area contributed by atoms with Gasteiger partial charge in [0.15, 0.2) is 5.82 Å². The normalized spacial score (nSPS) is 12.9. The van der Waals surface area contributed by atoms with Crippen LogP contribution in [0.4, 0.5) is 0 Å². The second-order valence-electron chi connectivity index (χ2n) is 14.8. The average Bonchev–Trinajstić information content (AvgIpc) is 3.58. The number of hydrogen-bond donors (Lipinski definition) is 0. The third-order valence-corrected chi connectivity index (χ3v) is 12.8. The summed E-state index contributed by atoms with van der Waals surface area (Å²) < 4.78 is 0. The molecule has 0 saturated heterocycles. The molecule has 0 bridgehead atoms. The van der Waals surface area contributed by atoms with Gasteiger partial charge >= 0.3 is 0 Å². The van der Waals surface area contributed by atoms with Crippen LogP contribution in [-0.4, -0.2) is 9.97 Å². The van der Waals surface area contributed by atoms with Crippen molar-refractivity contribution >= 4 is 11.8 Å². The van der Waals surface area contributed by atoms with E-state index in [9.17, 15) is 5.26 Å². The highest BCUT2D eigenvalue weighted by Gasteiger charge is 2.50. The molecule has 1 aliphatic carbocycles. The van der Waals surface area contributed by atoms with Gasteiger partial charge in [0.2, 0.25) is 0 Å². The Morgan fingerprint density at radius 1 is 0.379 bits per heavy atom. The van der Waals surface area contributed by atoms with Crippen molar-refractivity contribution in [3.8, 4) is 73.4 Å². The van der Waals surface area contributed by atoms with E-state index in [0.717, 1.165) is 50.3 Å². The molecule has 270 valence electrons. The number of nitriles is 1. The van der Waals surface area contributed by atoms with Crippen molar-refractivity contribution in [3.63, 3.8) is 0 Å². The summed E-state index contributed by atoms with van der Waals surface area (Å²) in [6, 6.07) is 73.3. The van der Waals surface area contributed by atoms with Crippen LogP contribution in [0.5, 0.6) is 0 Å². The predicted molar refractivity (Wildman–Crippen MR) is 235 cm³/mol. The molecule has 3 nitrogen and oxygen atoms in total. The number of benzene rings is 8. The highest BCUT2D eigenvalue weighted by Crippen LogP contribution is 2.63. The summed E-state index contributed by atoms with van der Waals surface area (Å²) in [7, 11) is 0. The molecule has 0 saturated carbocycles. The second kappa shape index (κ2) is 13.7. The van der Waals surface area contributed by atoms with Crippen LogP contribution >= 0.6 is 11.8 Å². The fourth-order valence-corrected chi connectivity index (χ4v) is 10.2. The van der Waals surface area contributed by atoms with Crippen molar-refractivity contribution in [2.75, 3.05) is 0 Å². The van der Waals surface area contributed by atoms with Gasteiger partial charge < -0.3 is 0 Å². The van der Waals surface area contributed by atoms with Crippen LogP contribution in [0.15, 0.2) is 210 Å². The summed E-state index contributed by atoms with van der Waals surface area (Å²) in [5, 5.41) is 10.1. The lowest BCUT2D eigenvalue weighted by molar-refractivity contribution is 0.723. The highest BCUT2D eigenvalue weighted by molar-refractivity contribution is 7.99. The molecule has 2 aliphatic rings. The molecule has 0 fully saturated rings. The Labute approximate surface area is 342 Å². The van der Waals surface area contributed by atoms with Crippen LogP contribution in [0.25, 0.3) is 67.3 Å². The summed E-state index contributed by atoms with van der Waals surface area (Å²) >= 11 is 1.84. The number of aromatic nitrogens is 2. The van der Waals surface area contributed by atoms with Gasteiger partial charge in [-0.2, -0.15) is 5.26 Å². The Balaban J connectivity index is 1.11. The Morgan fingerprint density at radius 3 is 1.59 bits per heavy atom. The maximum Gasteiger partial charge on any atom is 0.160 e. The Morgan fingerprint density at radius 2 is 0.897 bits per heavy atom. The minimum absolute atomic E-state index is 0.573. The van der Waals surface area contributed by atoms with E-state index in [4.69, 9.17) is 9.97 Å². The van der Waals surface area contributed by atoms with Crippen LogP contribution in [0.1, 0.15) is 27.8 Å². The number of rotatable bonds is 5. The third kappa shape index (κ3) is 5.36. The first-order chi connectivity index (χ1) is 28.7. The Hall–Kier alpha value is -7.32. The van der Waals surface area contributed by atoms with E-state index in [-0.39, 0.29) is 0 Å². The van der Waals surface area contributed by atoms with Crippen molar-refractivity contribution in [2.24, 2.45) is 0 Å². The summed E-state index contributed by atoms with van der Waals surface area (Å²) in [4.78, 5) is 12.7. The van der Waals surface area contributed by atoms with Gasteiger partial charge in [-0.15, -0.1) is 0 Å². The number of hydrogen-bond acceptors (Lipinski definition) is 4. The van der Waals surface area contributed by atoms with E-state index < -0.39 is 5.41 Å². The molecule has 0 amide bonds. The lowest BCUT2D eigenvalue weighted by Crippen LogP contribution is -2.32. The molecule has 1 aromatic heterocycles. The molecule has 4 heteroatoms. The Bertz CT molecular complexity index is 3010. The fourth-order valence-electron chi connectivity index (χ4n) is 9.00. The minimum Gasteiger partial charge on any atom is -0.228 e. The molecule has 1 aliphatic heterocycles. The minimum atomic E-state index is -0.573. The average molecular weight is 756 g/mol. The van der Waals surface area contributed by atoms with Crippen molar-refractivity contribution in [3.05, 3.63) is 228 Å². The summed E-state index contributed by atoms with van der Waals surface area (Å²) in [5.41, 5.74) is 16.6. The smallest absolute Gasteiger partial charge is 0.160 e. The first kappa shape index (κ1) is 34.0. The maximum atomic E-state index is 10.1. The zero-order chi connectivity index (χ0) is 38.6. The number of nitrogens with zero attached hydrogens (tertiary/aromatic N) is 3. The molecule has 1 spiro atoms. The monoisotopic (exact) mass is 755 g/mol. The summed E-state index contributed by atoms with van der Waals surface area (Å²) in [5.74, 6) is 0.698. The number of fused-ring (bicyclic) bond motifs is 9. The van der Waals surface area contributed by atoms with Crippen LogP contribution in [0.2, 0.25) is 0 Å². The molecule has 0 atom stereocenters. The third-order valence-electron chi connectivity index (χ3n) is 11.6. The van der Waals surface area contributed by atoms with Gasteiger partial charge in [-0.3, -0.25) is 0 Å². The SMILES string of the molecule is N#Cc1ccccc1-c1ccc2c(c1)C1(c3ccccc3Sc3ccccc31)c1cc(-c3cccc(-c4cc(-c5ccccc5)nc(-c5ccccc5)n4)c3)ccc1-2. The van der Waals surface area contributed by atoms with Crippen LogP contribution in [-0.2, 0) is 5.41 Å². The zero-order valence-corrected chi connectivity index (χ0v) is 32.1. The first-order valence-electron chi connectivity index (χ1n) is 19.5. The van der Waals surface area contributed by atoms with E-state index >= 15 is 0 Å². The summed E-state index contributed by atoms with van der Waals surface area (Å²) in [6.07, 6.45) is 0. The predicted octanol–water partition coefficient (Wildman–Crippen LogP) is 13.5.